The van der Waals surface area contributed by atoms with E-state index in [0.29, 0.717) is 5.69 Å². The van der Waals surface area contributed by atoms with Crippen molar-refractivity contribution >= 4 is 47.0 Å². The monoisotopic (exact) mass is 552 g/mol. The SMILES string of the molecule is COc1ccc(Cl)cc1C(=O)Oc1c(/C=N/NC(=O)c2ccc(NC(=O)C(C)(C)C)cc2)cccc1[N+](=O)[O-]. The molecule has 3 aromatic carbocycles. The van der Waals surface area contributed by atoms with Crippen LogP contribution in [0.25, 0.3) is 0 Å². The van der Waals surface area contributed by atoms with Crippen molar-refractivity contribution in [2.75, 3.05) is 12.4 Å². The number of nitrogens with zero attached hydrogens (tertiary/aromatic N) is 2. The van der Waals surface area contributed by atoms with Gasteiger partial charge in [-0.25, -0.2) is 10.2 Å². The highest BCUT2D eigenvalue weighted by Gasteiger charge is 2.24. The van der Waals surface area contributed by atoms with Gasteiger partial charge in [0.15, 0.2) is 0 Å². The van der Waals surface area contributed by atoms with Crippen LogP contribution in [0, 0.1) is 15.5 Å². The van der Waals surface area contributed by atoms with Gasteiger partial charge in [-0.15, -0.1) is 0 Å². The number of nitrogens with one attached hydrogen (secondary N) is 2. The predicted molar refractivity (Wildman–Crippen MR) is 146 cm³/mol. The van der Waals surface area contributed by atoms with Gasteiger partial charge in [-0.3, -0.25) is 19.7 Å². The van der Waals surface area contributed by atoms with E-state index in [2.05, 4.69) is 15.8 Å². The average Bonchev–Trinajstić information content (AvgIpc) is 2.89. The Balaban J connectivity index is 1.79. The van der Waals surface area contributed by atoms with Gasteiger partial charge in [-0.1, -0.05) is 38.4 Å². The summed E-state index contributed by atoms with van der Waals surface area (Å²) in [6.45, 7) is 5.35. The Hall–Kier alpha value is -4.77. The molecule has 12 heteroatoms. The molecule has 0 radical (unpaired) electrons. The van der Waals surface area contributed by atoms with E-state index in [1.165, 1.54) is 49.6 Å². The van der Waals surface area contributed by atoms with Gasteiger partial charge in [0.25, 0.3) is 5.91 Å². The molecule has 39 heavy (non-hydrogen) atoms. The van der Waals surface area contributed by atoms with Crippen molar-refractivity contribution < 1.29 is 28.8 Å². The molecule has 11 nitrogen and oxygen atoms in total. The van der Waals surface area contributed by atoms with Gasteiger partial charge >= 0.3 is 11.7 Å². The fourth-order valence-electron chi connectivity index (χ4n) is 3.13. The minimum absolute atomic E-state index is 0.0403. The van der Waals surface area contributed by atoms with Gasteiger partial charge in [0, 0.05) is 33.3 Å². The number of hydrazone groups is 1. The second kappa shape index (κ2) is 12.2. The number of carbonyl (C=O) groups excluding carboxylic acids is 3. The number of hydrogen-bond donors (Lipinski definition) is 2. The third-order valence-corrected chi connectivity index (χ3v) is 5.49. The maximum absolute atomic E-state index is 12.9. The van der Waals surface area contributed by atoms with Crippen molar-refractivity contribution in [3.63, 3.8) is 0 Å². The molecule has 0 aromatic heterocycles. The third kappa shape index (κ3) is 7.39. The zero-order chi connectivity index (χ0) is 28.7. The van der Waals surface area contributed by atoms with E-state index >= 15 is 0 Å². The van der Waals surface area contributed by atoms with E-state index in [-0.39, 0.29) is 39.1 Å². The molecule has 2 N–H and O–H groups in total. The fourth-order valence-corrected chi connectivity index (χ4v) is 3.31. The topological polar surface area (TPSA) is 149 Å². The summed E-state index contributed by atoms with van der Waals surface area (Å²) in [5, 5.41) is 18.5. The van der Waals surface area contributed by atoms with Crippen LogP contribution in [0.3, 0.4) is 0 Å². The summed E-state index contributed by atoms with van der Waals surface area (Å²) in [5.74, 6) is -1.92. The van der Waals surface area contributed by atoms with Crippen LogP contribution < -0.4 is 20.2 Å². The standard InChI is InChI=1S/C27H25ClN4O7/c1-27(2,3)26(35)30-19-11-8-16(9-12-19)24(33)31-29-15-17-6-5-7-21(32(36)37)23(17)39-25(34)20-14-18(28)10-13-22(20)38-4/h5-15H,1-4H3,(H,30,35)(H,31,33)/b29-15+. The lowest BCUT2D eigenvalue weighted by atomic mass is 9.95. The van der Waals surface area contributed by atoms with E-state index in [0.717, 1.165) is 12.3 Å². The number of nitro benzene ring substituents is 1. The minimum Gasteiger partial charge on any atom is -0.496 e. The molecule has 0 aliphatic carbocycles. The first kappa shape index (κ1) is 28.8. The van der Waals surface area contributed by atoms with E-state index in [4.69, 9.17) is 21.1 Å². The van der Waals surface area contributed by atoms with Crippen LogP contribution in [0.4, 0.5) is 11.4 Å². The zero-order valence-electron chi connectivity index (χ0n) is 21.5. The molecule has 3 rings (SSSR count). The van der Waals surface area contributed by atoms with Crippen molar-refractivity contribution in [3.05, 3.63) is 92.5 Å². The van der Waals surface area contributed by atoms with Crippen molar-refractivity contribution in [3.8, 4) is 11.5 Å². The number of benzene rings is 3. The summed E-state index contributed by atoms with van der Waals surface area (Å²) >= 11 is 5.98. The van der Waals surface area contributed by atoms with Crippen LogP contribution in [0.5, 0.6) is 11.5 Å². The predicted octanol–water partition coefficient (Wildman–Crippen LogP) is 5.22. The highest BCUT2D eigenvalue weighted by molar-refractivity contribution is 6.31. The number of anilines is 1. The number of para-hydroxylation sites is 1. The Bertz CT molecular complexity index is 1450. The number of nitro groups is 1. The summed E-state index contributed by atoms with van der Waals surface area (Å²) in [7, 11) is 1.35. The van der Waals surface area contributed by atoms with E-state index < -0.39 is 27.9 Å². The molecule has 0 saturated carbocycles. The molecular weight excluding hydrogens is 528 g/mol. The van der Waals surface area contributed by atoms with Crippen LogP contribution in [0.15, 0.2) is 65.8 Å². The lowest BCUT2D eigenvalue weighted by Gasteiger charge is -2.17. The Kier molecular flexibility index (Phi) is 9.00. The molecule has 0 aliphatic heterocycles. The smallest absolute Gasteiger partial charge is 0.347 e. The molecule has 0 atom stereocenters. The summed E-state index contributed by atoms with van der Waals surface area (Å²) in [4.78, 5) is 48.4. The molecule has 0 unspecified atom stereocenters. The van der Waals surface area contributed by atoms with Gasteiger partial charge < -0.3 is 14.8 Å². The Labute approximate surface area is 228 Å². The second-order valence-electron chi connectivity index (χ2n) is 9.17. The first-order valence-electron chi connectivity index (χ1n) is 11.5. The van der Waals surface area contributed by atoms with Crippen molar-refractivity contribution in [1.29, 1.82) is 0 Å². The molecule has 0 spiro atoms. The summed E-state index contributed by atoms with van der Waals surface area (Å²) < 4.78 is 10.5. The van der Waals surface area contributed by atoms with E-state index in [1.807, 2.05) is 0 Å². The molecule has 0 fully saturated rings. The average molecular weight is 553 g/mol. The second-order valence-corrected chi connectivity index (χ2v) is 9.60. The highest BCUT2D eigenvalue weighted by Crippen LogP contribution is 2.32. The van der Waals surface area contributed by atoms with Gasteiger partial charge in [0.05, 0.1) is 18.2 Å². The molecule has 3 aromatic rings. The van der Waals surface area contributed by atoms with Crippen LogP contribution in [0.1, 0.15) is 47.1 Å². The molecule has 0 heterocycles. The number of rotatable bonds is 8. The zero-order valence-corrected chi connectivity index (χ0v) is 22.2. The van der Waals surface area contributed by atoms with Crippen LogP contribution in [-0.4, -0.2) is 36.0 Å². The van der Waals surface area contributed by atoms with Crippen molar-refractivity contribution in [2.45, 2.75) is 20.8 Å². The van der Waals surface area contributed by atoms with Crippen molar-refractivity contribution in [1.82, 2.24) is 5.43 Å². The number of esters is 1. The molecule has 0 bridgehead atoms. The van der Waals surface area contributed by atoms with Crippen molar-refractivity contribution in [2.24, 2.45) is 10.5 Å². The van der Waals surface area contributed by atoms with Crippen LogP contribution >= 0.6 is 11.6 Å². The van der Waals surface area contributed by atoms with Crippen LogP contribution in [-0.2, 0) is 4.79 Å². The molecule has 0 aliphatic rings. The highest BCUT2D eigenvalue weighted by atomic mass is 35.5. The fraction of sp³-hybridized carbons (Fsp3) is 0.185. The maximum atomic E-state index is 12.9. The summed E-state index contributed by atoms with van der Waals surface area (Å²) in [6, 6.07) is 14.4. The number of ether oxygens (including phenoxy) is 2. The van der Waals surface area contributed by atoms with Crippen LogP contribution in [0.2, 0.25) is 5.02 Å². The molecule has 0 saturated heterocycles. The molecule has 202 valence electrons. The first-order valence-corrected chi connectivity index (χ1v) is 11.9. The number of amides is 2. The number of carbonyl (C=O) groups is 3. The Morgan fingerprint density at radius 2 is 1.74 bits per heavy atom. The van der Waals surface area contributed by atoms with Gasteiger partial charge in [-0.2, -0.15) is 5.10 Å². The molecular formula is C27H25ClN4O7. The number of halogens is 1. The normalized spacial score (nSPS) is 11.1. The quantitative estimate of drug-likeness (QED) is 0.128. The third-order valence-electron chi connectivity index (χ3n) is 5.25. The summed E-state index contributed by atoms with van der Waals surface area (Å²) in [5.41, 5.74) is 2.03. The van der Waals surface area contributed by atoms with E-state index in [9.17, 15) is 24.5 Å². The Morgan fingerprint density at radius 1 is 1.05 bits per heavy atom. The summed E-state index contributed by atoms with van der Waals surface area (Å²) in [6.07, 6.45) is 1.11. The van der Waals surface area contributed by atoms with E-state index in [1.54, 1.807) is 32.9 Å². The minimum atomic E-state index is -0.944. The van der Waals surface area contributed by atoms with Gasteiger partial charge in [-0.05, 0) is 48.5 Å². The Morgan fingerprint density at radius 3 is 2.36 bits per heavy atom. The van der Waals surface area contributed by atoms with Gasteiger partial charge in [0.2, 0.25) is 11.7 Å². The largest absolute Gasteiger partial charge is 0.496 e. The number of methoxy groups -OCH3 is 1. The number of hydrogen-bond acceptors (Lipinski definition) is 8. The maximum Gasteiger partial charge on any atom is 0.347 e. The van der Waals surface area contributed by atoms with Gasteiger partial charge in [0.1, 0.15) is 11.3 Å². The molecule has 2 amide bonds. The first-order chi connectivity index (χ1) is 18.4. The lowest BCUT2D eigenvalue weighted by Crippen LogP contribution is -2.27. The lowest BCUT2D eigenvalue weighted by molar-refractivity contribution is -0.385.